The summed E-state index contributed by atoms with van der Waals surface area (Å²) in [7, 11) is 4.58. The highest BCUT2D eigenvalue weighted by molar-refractivity contribution is 6.39. The van der Waals surface area contributed by atoms with E-state index in [1.165, 1.54) is 24.2 Å². The Bertz CT molecular complexity index is 1760. The summed E-state index contributed by atoms with van der Waals surface area (Å²) in [6.07, 6.45) is 13.3. The van der Waals surface area contributed by atoms with Crippen LogP contribution in [0.15, 0.2) is 48.1 Å². The summed E-state index contributed by atoms with van der Waals surface area (Å²) in [4.78, 5) is 71.5. The number of carbonyl (C=O) groups is 5. The van der Waals surface area contributed by atoms with Gasteiger partial charge in [-0.05, 0) is 101 Å². The third-order valence-corrected chi connectivity index (χ3v) is 14.5. The maximum absolute atomic E-state index is 14.4. The molecule has 378 valence electrons. The van der Waals surface area contributed by atoms with E-state index in [1.54, 1.807) is 28.1 Å². The molecule has 3 aliphatic heterocycles. The van der Waals surface area contributed by atoms with Gasteiger partial charge in [0.1, 0.15) is 18.2 Å². The third-order valence-electron chi connectivity index (χ3n) is 14.5. The molecular weight excluding hydrogens is 863 g/mol. The summed E-state index contributed by atoms with van der Waals surface area (Å²) in [5, 5.41) is 32.6. The number of methoxy groups -OCH3 is 3. The Kier molecular flexibility index (Phi) is 22.7. The normalized spacial score (nSPS) is 37.4. The monoisotopic (exact) mass is 944 g/mol. The second kappa shape index (κ2) is 27.1. The third kappa shape index (κ3) is 15.5. The number of aliphatic hydroxyl groups is 3. The van der Waals surface area contributed by atoms with Crippen LogP contribution in [0.4, 0.5) is 0 Å². The number of Topliss-reactive ketones (excluding diaryl/α,β-unsaturated/α-hetero) is 2. The molecule has 2 bridgehead atoms. The molecule has 0 radical (unpaired) electrons. The van der Waals surface area contributed by atoms with Crippen molar-refractivity contribution in [2.45, 2.75) is 173 Å². The number of piperidine rings is 1. The zero-order valence-corrected chi connectivity index (χ0v) is 41.5. The number of cyclic esters (lactones) is 1. The first kappa shape index (κ1) is 56.2. The number of amides is 1. The maximum Gasteiger partial charge on any atom is 0.329 e. The van der Waals surface area contributed by atoms with Crippen LogP contribution in [0.25, 0.3) is 0 Å². The largest absolute Gasteiger partial charge is 0.460 e. The van der Waals surface area contributed by atoms with Crippen molar-refractivity contribution in [2.24, 2.45) is 35.5 Å². The van der Waals surface area contributed by atoms with E-state index >= 15 is 0 Å². The SMILES string of the molecule is COC1CC2CCC(C)C(O)(O2)C(=O)C(=O)N2CCCCC2C(=O)OC(C(C)CC2CCC(OCCO)C(OC)C2)CC(=O)/C=C\C(C)C(O)C(OC)C(=O)C(C)CC(C)C=CC=CC=C1C. The van der Waals surface area contributed by atoms with E-state index in [4.69, 9.17) is 28.4 Å². The second-order valence-electron chi connectivity index (χ2n) is 19.7. The van der Waals surface area contributed by atoms with Crippen molar-refractivity contribution in [1.29, 1.82) is 0 Å². The zero-order valence-electron chi connectivity index (χ0n) is 41.5. The van der Waals surface area contributed by atoms with E-state index in [-0.39, 0.29) is 74.1 Å². The Hall–Kier alpha value is -3.41. The van der Waals surface area contributed by atoms with Crippen molar-refractivity contribution < 1.29 is 67.7 Å². The summed E-state index contributed by atoms with van der Waals surface area (Å²) in [6, 6.07) is -1.14. The molecule has 1 amide bonds. The average Bonchev–Trinajstić information content (AvgIpc) is 3.31. The predicted molar refractivity (Wildman–Crippen MR) is 251 cm³/mol. The van der Waals surface area contributed by atoms with Crippen LogP contribution in [0.5, 0.6) is 0 Å². The summed E-state index contributed by atoms with van der Waals surface area (Å²) in [5.74, 6) is -7.96. The molecule has 0 spiro atoms. The Morgan fingerprint density at radius 1 is 0.866 bits per heavy atom. The van der Waals surface area contributed by atoms with Gasteiger partial charge in [0, 0.05) is 58.5 Å². The lowest BCUT2D eigenvalue weighted by molar-refractivity contribution is -0.265. The molecule has 3 N–H and O–H groups in total. The number of rotatable bonds is 9. The van der Waals surface area contributed by atoms with Gasteiger partial charge in [0.05, 0.1) is 43.7 Å². The van der Waals surface area contributed by atoms with E-state index in [0.29, 0.717) is 57.8 Å². The summed E-state index contributed by atoms with van der Waals surface area (Å²) in [5.41, 5.74) is 0.879. The number of fused-ring (bicyclic) bond motifs is 3. The molecule has 3 heterocycles. The molecule has 1 saturated carbocycles. The Morgan fingerprint density at radius 2 is 1.61 bits per heavy atom. The van der Waals surface area contributed by atoms with Crippen LogP contribution in [0, 0.1) is 35.5 Å². The molecule has 15 heteroatoms. The minimum absolute atomic E-state index is 0.0210. The van der Waals surface area contributed by atoms with Crippen molar-refractivity contribution in [3.63, 3.8) is 0 Å². The molecule has 67 heavy (non-hydrogen) atoms. The maximum atomic E-state index is 14.4. The molecule has 0 aromatic carbocycles. The van der Waals surface area contributed by atoms with Crippen LogP contribution in [-0.2, 0) is 52.4 Å². The lowest BCUT2D eigenvalue weighted by Crippen LogP contribution is -2.61. The van der Waals surface area contributed by atoms with Crippen molar-refractivity contribution >= 4 is 29.2 Å². The van der Waals surface area contributed by atoms with Crippen molar-refractivity contribution in [3.05, 3.63) is 48.1 Å². The van der Waals surface area contributed by atoms with Gasteiger partial charge in [-0.1, -0.05) is 71.1 Å². The quantitative estimate of drug-likeness (QED) is 0.185. The Morgan fingerprint density at radius 3 is 2.30 bits per heavy atom. The van der Waals surface area contributed by atoms with Gasteiger partial charge in [0.25, 0.3) is 11.7 Å². The highest BCUT2D eigenvalue weighted by atomic mass is 16.6. The van der Waals surface area contributed by atoms with Crippen molar-refractivity contribution in [2.75, 3.05) is 41.1 Å². The lowest BCUT2D eigenvalue weighted by atomic mass is 9.78. The van der Waals surface area contributed by atoms with Crippen LogP contribution in [0.3, 0.4) is 0 Å². The first-order valence-electron chi connectivity index (χ1n) is 24.6. The molecule has 0 aromatic rings. The molecule has 4 rings (SSSR count). The molecule has 15 atom stereocenters. The van der Waals surface area contributed by atoms with Gasteiger partial charge in [-0.15, -0.1) is 0 Å². The van der Waals surface area contributed by atoms with Gasteiger partial charge < -0.3 is 48.6 Å². The second-order valence-corrected chi connectivity index (χ2v) is 19.7. The van der Waals surface area contributed by atoms with E-state index in [1.807, 2.05) is 58.1 Å². The standard InChI is InChI=1S/C52H81NO14/c1-32-15-11-10-12-16-33(2)43(62-7)31-40-22-19-37(6)52(61,67-40)49(58)50(59)53-24-14-13-17-41(53)51(60)66-44(35(4)28-38-20-23-42(65-26-25-54)45(29-38)63-8)30-39(55)21-18-34(3)46(56)48(64-9)47(57)36(5)27-32/h10-12,15-16,18,21,32,34-38,40-46,48,54,56,61H,13-14,17,19-20,22-31H2,1-9H3/b12-10?,15-11?,21-18-,33-16?. The van der Waals surface area contributed by atoms with Crippen LogP contribution in [-0.4, -0.2) is 145 Å². The van der Waals surface area contributed by atoms with Gasteiger partial charge in [-0.3, -0.25) is 19.2 Å². The fourth-order valence-electron chi connectivity index (χ4n) is 10.2. The van der Waals surface area contributed by atoms with Crippen molar-refractivity contribution in [1.82, 2.24) is 4.90 Å². The molecule has 1 aliphatic carbocycles. The van der Waals surface area contributed by atoms with Gasteiger partial charge in [-0.2, -0.15) is 0 Å². The van der Waals surface area contributed by atoms with Gasteiger partial charge in [0.2, 0.25) is 5.79 Å². The number of hydrogen-bond donors (Lipinski definition) is 3. The summed E-state index contributed by atoms with van der Waals surface area (Å²) in [6.45, 7) is 11.2. The fourth-order valence-corrected chi connectivity index (χ4v) is 10.2. The molecule has 2 saturated heterocycles. The smallest absolute Gasteiger partial charge is 0.329 e. The van der Waals surface area contributed by atoms with E-state index in [0.717, 1.165) is 12.0 Å². The molecule has 15 unspecified atom stereocenters. The number of hydrogen-bond acceptors (Lipinski definition) is 14. The lowest BCUT2D eigenvalue weighted by Gasteiger charge is -2.42. The van der Waals surface area contributed by atoms with Gasteiger partial charge in [0.15, 0.2) is 11.6 Å². The molecule has 3 fully saturated rings. The Labute approximate surface area is 398 Å². The highest BCUT2D eigenvalue weighted by Gasteiger charge is 2.53. The van der Waals surface area contributed by atoms with Crippen LogP contribution in [0.2, 0.25) is 0 Å². The van der Waals surface area contributed by atoms with Gasteiger partial charge >= 0.3 is 5.97 Å². The number of carbonyl (C=O) groups excluding carboxylic acids is 5. The number of allylic oxidation sites excluding steroid dienone is 6. The van der Waals surface area contributed by atoms with E-state index < -0.39 is 77.8 Å². The zero-order chi connectivity index (χ0) is 49.4. The number of ether oxygens (including phenoxy) is 6. The summed E-state index contributed by atoms with van der Waals surface area (Å²) < 4.78 is 35.4. The van der Waals surface area contributed by atoms with E-state index in [9.17, 15) is 39.3 Å². The molecular formula is C52H81NO14. The topological polar surface area (TPSA) is 205 Å². The number of esters is 1. The minimum Gasteiger partial charge on any atom is -0.460 e. The fraction of sp³-hybridized carbons (Fsp3) is 0.750. The van der Waals surface area contributed by atoms with Gasteiger partial charge in [-0.25, -0.2) is 4.79 Å². The van der Waals surface area contributed by atoms with E-state index in [2.05, 4.69) is 0 Å². The summed E-state index contributed by atoms with van der Waals surface area (Å²) >= 11 is 0. The van der Waals surface area contributed by atoms with Crippen molar-refractivity contribution in [3.8, 4) is 0 Å². The Balaban J connectivity index is 1.67. The van der Waals surface area contributed by atoms with Crippen LogP contribution in [0.1, 0.15) is 119 Å². The number of nitrogens with zero attached hydrogens (tertiary/aromatic N) is 1. The minimum atomic E-state index is -2.43. The molecule has 0 aromatic heterocycles. The van der Waals surface area contributed by atoms with Crippen LogP contribution >= 0.6 is 0 Å². The number of ketones is 3. The predicted octanol–water partition coefficient (Wildman–Crippen LogP) is 5.81. The first-order chi connectivity index (χ1) is 31.9. The van der Waals surface area contributed by atoms with Crippen LogP contribution < -0.4 is 0 Å². The first-order valence-corrected chi connectivity index (χ1v) is 24.6. The molecule has 4 aliphatic rings. The highest BCUT2D eigenvalue weighted by Crippen LogP contribution is 2.38. The number of aliphatic hydroxyl groups excluding tert-OH is 2. The average molecular weight is 944 g/mol. The molecule has 15 nitrogen and oxygen atoms in total.